The summed E-state index contributed by atoms with van der Waals surface area (Å²) in [6.45, 7) is 5.34. The normalized spacial score (nSPS) is 11.2. The molecule has 0 aromatic rings. The van der Waals surface area contributed by atoms with Gasteiger partial charge in [-0.15, -0.1) is 0 Å². The van der Waals surface area contributed by atoms with E-state index in [0.29, 0.717) is 6.42 Å². The molecule has 0 unspecified atom stereocenters. The number of rotatable bonds is 4. The van der Waals surface area contributed by atoms with Crippen molar-refractivity contribution in [2.75, 3.05) is 0 Å². The van der Waals surface area contributed by atoms with Crippen LogP contribution >= 0.6 is 0 Å². The van der Waals surface area contributed by atoms with E-state index >= 15 is 0 Å². The van der Waals surface area contributed by atoms with E-state index in [2.05, 4.69) is 16.6 Å². The molecule has 1 amide bonds. The first-order valence-electron chi connectivity index (χ1n) is 4.16. The molecule has 0 radical (unpaired) electrons. The maximum absolute atomic E-state index is 10.5. The summed E-state index contributed by atoms with van der Waals surface area (Å²) in [5.74, 6) is -0.188. The molecule has 0 saturated heterocycles. The summed E-state index contributed by atoms with van der Waals surface area (Å²) < 4.78 is 0. The van der Waals surface area contributed by atoms with Crippen molar-refractivity contribution in [2.24, 2.45) is 10.5 Å². The van der Waals surface area contributed by atoms with Crippen LogP contribution in [-0.4, -0.2) is 12.1 Å². The van der Waals surface area contributed by atoms with E-state index in [4.69, 9.17) is 5.26 Å². The molecule has 4 nitrogen and oxygen atoms in total. The van der Waals surface area contributed by atoms with E-state index < -0.39 is 0 Å². The average Bonchev–Trinajstić information content (AvgIpc) is 2.00. The number of carbonyl (C=O) groups excluding carboxylic acids is 1. The van der Waals surface area contributed by atoms with Crippen LogP contribution in [0.15, 0.2) is 5.10 Å². The number of nitriles is 1. The summed E-state index contributed by atoms with van der Waals surface area (Å²) in [7, 11) is 0. The zero-order valence-corrected chi connectivity index (χ0v) is 8.29. The highest BCUT2D eigenvalue weighted by Crippen LogP contribution is 2.18. The molecule has 0 aromatic carbocycles. The maximum atomic E-state index is 10.5. The molecule has 72 valence electrons. The quantitative estimate of drug-likeness (QED) is 0.526. The minimum absolute atomic E-state index is 0.141. The first-order chi connectivity index (χ1) is 5.98. The predicted molar refractivity (Wildman–Crippen MR) is 50.9 cm³/mol. The number of hydrazone groups is 1. The van der Waals surface area contributed by atoms with Crippen molar-refractivity contribution in [1.82, 2.24) is 5.43 Å². The standard InChI is InChI=1S/C9H15N3O/c1-8(13)12-11-7-9(2,3)5-4-6-10/h7H,4-5H2,1-3H3,(H,12,13). The maximum Gasteiger partial charge on any atom is 0.236 e. The third kappa shape index (κ3) is 7.01. The summed E-state index contributed by atoms with van der Waals surface area (Å²) in [4.78, 5) is 10.5. The second-order valence-corrected chi connectivity index (χ2v) is 3.57. The number of nitrogens with zero attached hydrogens (tertiary/aromatic N) is 2. The van der Waals surface area contributed by atoms with E-state index in [-0.39, 0.29) is 11.3 Å². The first-order valence-corrected chi connectivity index (χ1v) is 4.16. The molecule has 0 rings (SSSR count). The molecule has 13 heavy (non-hydrogen) atoms. The highest BCUT2D eigenvalue weighted by molar-refractivity contribution is 5.74. The monoisotopic (exact) mass is 181 g/mol. The fourth-order valence-electron chi connectivity index (χ4n) is 0.741. The van der Waals surface area contributed by atoms with Crippen molar-refractivity contribution in [3.63, 3.8) is 0 Å². The molecule has 0 spiro atoms. The van der Waals surface area contributed by atoms with Crippen molar-refractivity contribution in [3.05, 3.63) is 0 Å². The SMILES string of the molecule is CC(=O)NN=CC(C)(C)CCC#N. The van der Waals surface area contributed by atoms with Gasteiger partial charge in [-0.05, 0) is 6.42 Å². The molecule has 1 N–H and O–H groups in total. The lowest BCUT2D eigenvalue weighted by Gasteiger charge is -2.16. The molecule has 0 aliphatic heterocycles. The van der Waals surface area contributed by atoms with E-state index in [9.17, 15) is 4.79 Å². The molecule has 0 bridgehead atoms. The van der Waals surface area contributed by atoms with Crippen LogP contribution in [0.5, 0.6) is 0 Å². The van der Waals surface area contributed by atoms with Gasteiger partial charge < -0.3 is 0 Å². The van der Waals surface area contributed by atoms with Crippen molar-refractivity contribution < 1.29 is 4.79 Å². The molecule has 0 atom stereocenters. The second kappa shape index (κ2) is 5.31. The van der Waals surface area contributed by atoms with Crippen LogP contribution in [0.3, 0.4) is 0 Å². The first kappa shape index (κ1) is 11.6. The van der Waals surface area contributed by atoms with Gasteiger partial charge in [-0.25, -0.2) is 5.43 Å². The molecule has 0 fully saturated rings. The van der Waals surface area contributed by atoms with Crippen LogP contribution < -0.4 is 5.43 Å². The van der Waals surface area contributed by atoms with Gasteiger partial charge in [-0.3, -0.25) is 4.79 Å². The smallest absolute Gasteiger partial charge is 0.236 e. The second-order valence-electron chi connectivity index (χ2n) is 3.57. The Labute approximate surface area is 78.6 Å². The minimum atomic E-state index is -0.188. The molecule has 0 aromatic heterocycles. The minimum Gasteiger partial charge on any atom is -0.274 e. The predicted octanol–water partition coefficient (Wildman–Crippen LogP) is 1.44. The summed E-state index contributed by atoms with van der Waals surface area (Å²) in [5.41, 5.74) is 2.18. The highest BCUT2D eigenvalue weighted by Gasteiger charge is 2.13. The Morgan fingerprint density at radius 1 is 1.69 bits per heavy atom. The Balaban J connectivity index is 3.94. The van der Waals surface area contributed by atoms with Gasteiger partial charge in [-0.2, -0.15) is 10.4 Å². The number of carbonyl (C=O) groups is 1. The van der Waals surface area contributed by atoms with Gasteiger partial charge in [-0.1, -0.05) is 13.8 Å². The summed E-state index contributed by atoms with van der Waals surface area (Å²) in [5, 5.41) is 12.1. The Bertz CT molecular complexity index is 238. The van der Waals surface area contributed by atoms with E-state index in [0.717, 1.165) is 6.42 Å². The van der Waals surface area contributed by atoms with Crippen LogP contribution in [-0.2, 0) is 4.79 Å². The van der Waals surface area contributed by atoms with Crippen LogP contribution in [0.2, 0.25) is 0 Å². The molecular weight excluding hydrogens is 166 g/mol. The fourth-order valence-corrected chi connectivity index (χ4v) is 0.741. The van der Waals surface area contributed by atoms with Gasteiger partial charge in [0.15, 0.2) is 0 Å². The third-order valence-corrected chi connectivity index (χ3v) is 1.52. The van der Waals surface area contributed by atoms with Crippen LogP contribution in [0.25, 0.3) is 0 Å². The van der Waals surface area contributed by atoms with Crippen molar-refractivity contribution in [3.8, 4) is 6.07 Å². The summed E-state index contributed by atoms with van der Waals surface area (Å²) in [6, 6.07) is 2.07. The van der Waals surface area contributed by atoms with Crippen LogP contribution in [0, 0.1) is 16.7 Å². The number of hydrogen-bond acceptors (Lipinski definition) is 3. The van der Waals surface area contributed by atoms with Crippen molar-refractivity contribution >= 4 is 12.1 Å². The van der Waals surface area contributed by atoms with Gasteiger partial charge in [0.2, 0.25) is 5.91 Å². The molecule has 4 heteroatoms. The molecular formula is C9H15N3O. The van der Waals surface area contributed by atoms with Crippen LogP contribution in [0.4, 0.5) is 0 Å². The summed E-state index contributed by atoms with van der Waals surface area (Å²) in [6.07, 6.45) is 2.90. The zero-order chi connectivity index (χ0) is 10.3. The number of hydrogen-bond donors (Lipinski definition) is 1. The summed E-state index contributed by atoms with van der Waals surface area (Å²) >= 11 is 0. The highest BCUT2D eigenvalue weighted by atomic mass is 16.2. The largest absolute Gasteiger partial charge is 0.274 e. The lowest BCUT2D eigenvalue weighted by molar-refractivity contribution is -0.118. The lowest BCUT2D eigenvalue weighted by Crippen LogP contribution is -2.18. The number of amides is 1. The Kier molecular flexibility index (Phi) is 4.75. The van der Waals surface area contributed by atoms with E-state index in [1.54, 1.807) is 6.21 Å². The Morgan fingerprint density at radius 2 is 2.31 bits per heavy atom. The number of nitrogens with one attached hydrogen (secondary N) is 1. The van der Waals surface area contributed by atoms with Gasteiger partial charge in [0, 0.05) is 25.0 Å². The van der Waals surface area contributed by atoms with Gasteiger partial charge >= 0.3 is 0 Å². The van der Waals surface area contributed by atoms with E-state index in [1.165, 1.54) is 6.92 Å². The van der Waals surface area contributed by atoms with Gasteiger partial charge in [0.05, 0.1) is 6.07 Å². The van der Waals surface area contributed by atoms with E-state index in [1.807, 2.05) is 13.8 Å². The van der Waals surface area contributed by atoms with Gasteiger partial charge in [0.1, 0.15) is 0 Å². The Morgan fingerprint density at radius 3 is 2.77 bits per heavy atom. The molecule has 0 saturated carbocycles. The van der Waals surface area contributed by atoms with Gasteiger partial charge in [0.25, 0.3) is 0 Å². The molecule has 0 heterocycles. The lowest BCUT2D eigenvalue weighted by atomic mass is 9.90. The molecule has 0 aliphatic carbocycles. The van der Waals surface area contributed by atoms with Crippen molar-refractivity contribution in [2.45, 2.75) is 33.6 Å². The topological polar surface area (TPSA) is 65.2 Å². The third-order valence-electron chi connectivity index (χ3n) is 1.52. The fraction of sp³-hybridized carbons (Fsp3) is 0.667. The van der Waals surface area contributed by atoms with Crippen LogP contribution in [0.1, 0.15) is 33.6 Å². The zero-order valence-electron chi connectivity index (χ0n) is 8.29. The van der Waals surface area contributed by atoms with Crippen molar-refractivity contribution in [1.29, 1.82) is 5.26 Å². The molecule has 0 aliphatic rings. The Hall–Kier alpha value is -1.37. The average molecular weight is 181 g/mol.